The van der Waals surface area contributed by atoms with E-state index in [4.69, 9.17) is 9.15 Å². The van der Waals surface area contributed by atoms with Crippen LogP contribution in [0.25, 0.3) is 17.4 Å². The molecule has 1 aliphatic rings. The van der Waals surface area contributed by atoms with Crippen LogP contribution in [0.4, 0.5) is 5.69 Å². The molecule has 37 heavy (non-hydrogen) atoms. The van der Waals surface area contributed by atoms with Gasteiger partial charge in [-0.25, -0.2) is 9.79 Å². The number of benzene rings is 1. The summed E-state index contributed by atoms with van der Waals surface area (Å²) in [5.74, 6) is 0.357. The summed E-state index contributed by atoms with van der Waals surface area (Å²) in [7, 11) is 0. The van der Waals surface area contributed by atoms with Gasteiger partial charge in [0.25, 0.3) is 11.2 Å². The number of fused-ring (bicyclic) bond motifs is 1. The first-order valence-electron chi connectivity index (χ1n) is 11.4. The Morgan fingerprint density at radius 2 is 2.08 bits per heavy atom. The van der Waals surface area contributed by atoms with Gasteiger partial charge in [-0.15, -0.1) is 11.3 Å². The number of nitro benzene ring substituents is 1. The Hall–Kier alpha value is -4.09. The number of thiazole rings is 1. The molecular formula is C26H21N3O6S2. The maximum Gasteiger partial charge on any atom is 0.338 e. The molecule has 0 N–H and O–H groups in total. The molecule has 1 atom stereocenters. The number of rotatable bonds is 6. The number of esters is 1. The molecule has 9 nitrogen and oxygen atoms in total. The summed E-state index contributed by atoms with van der Waals surface area (Å²) in [6, 6.07) is 11.4. The Balaban J connectivity index is 1.59. The fourth-order valence-electron chi connectivity index (χ4n) is 4.18. The molecule has 0 fully saturated rings. The zero-order valence-corrected chi connectivity index (χ0v) is 21.7. The van der Waals surface area contributed by atoms with E-state index in [1.54, 1.807) is 51.1 Å². The summed E-state index contributed by atoms with van der Waals surface area (Å²) < 4.78 is 13.1. The Bertz CT molecular complexity index is 1740. The fourth-order valence-corrected chi connectivity index (χ4v) is 6.03. The number of hydrogen-bond donors (Lipinski definition) is 0. The molecule has 0 aliphatic carbocycles. The quantitative estimate of drug-likeness (QED) is 0.206. The third-order valence-electron chi connectivity index (χ3n) is 5.92. The lowest BCUT2D eigenvalue weighted by molar-refractivity contribution is -0.385. The third kappa shape index (κ3) is 4.47. The number of aryl methyl sites for hydroxylation is 1. The smallest absolute Gasteiger partial charge is 0.338 e. The Labute approximate surface area is 218 Å². The summed E-state index contributed by atoms with van der Waals surface area (Å²) >= 11 is 2.65. The topological polar surface area (TPSA) is 117 Å². The molecule has 11 heteroatoms. The van der Waals surface area contributed by atoms with Crippen molar-refractivity contribution in [3.8, 4) is 11.3 Å². The van der Waals surface area contributed by atoms with Gasteiger partial charge in [-0.1, -0.05) is 29.5 Å². The lowest BCUT2D eigenvalue weighted by atomic mass is 10.0. The number of carbonyl (C=O) groups excluding carboxylic acids is 1. The minimum absolute atomic E-state index is 0.00473. The van der Waals surface area contributed by atoms with Crippen LogP contribution in [0.1, 0.15) is 36.1 Å². The molecule has 1 aromatic carbocycles. The van der Waals surface area contributed by atoms with E-state index in [0.717, 1.165) is 4.88 Å². The van der Waals surface area contributed by atoms with E-state index in [-0.39, 0.29) is 17.9 Å². The lowest BCUT2D eigenvalue weighted by Crippen LogP contribution is -2.39. The first-order valence-corrected chi connectivity index (χ1v) is 13.1. The molecule has 0 spiro atoms. The Kier molecular flexibility index (Phi) is 6.48. The summed E-state index contributed by atoms with van der Waals surface area (Å²) in [5.41, 5.74) is 1.66. The van der Waals surface area contributed by atoms with Crippen LogP contribution >= 0.6 is 22.7 Å². The second-order valence-corrected chi connectivity index (χ2v) is 10.3. The van der Waals surface area contributed by atoms with Gasteiger partial charge in [0.1, 0.15) is 17.6 Å². The minimum Gasteiger partial charge on any atom is -0.463 e. The summed E-state index contributed by atoms with van der Waals surface area (Å²) in [6.07, 6.45) is 1.62. The van der Waals surface area contributed by atoms with Gasteiger partial charge in [-0.05, 0) is 44.4 Å². The number of nitrogens with zero attached hydrogens (tertiary/aromatic N) is 3. The monoisotopic (exact) mass is 535 g/mol. The molecule has 4 aromatic rings. The van der Waals surface area contributed by atoms with Crippen molar-refractivity contribution < 1.29 is 18.9 Å². The number of thiophene rings is 1. The maximum atomic E-state index is 13.6. The summed E-state index contributed by atoms with van der Waals surface area (Å²) in [6.45, 7) is 5.36. The molecule has 0 bridgehead atoms. The second-order valence-electron chi connectivity index (χ2n) is 8.28. The molecule has 0 saturated carbocycles. The molecule has 188 valence electrons. The van der Waals surface area contributed by atoms with Crippen molar-refractivity contribution in [3.05, 3.63) is 105 Å². The van der Waals surface area contributed by atoms with Crippen molar-refractivity contribution in [1.29, 1.82) is 0 Å². The van der Waals surface area contributed by atoms with Crippen molar-refractivity contribution in [2.24, 2.45) is 4.99 Å². The molecule has 0 amide bonds. The van der Waals surface area contributed by atoms with E-state index in [9.17, 15) is 19.7 Å². The van der Waals surface area contributed by atoms with Gasteiger partial charge in [0.2, 0.25) is 0 Å². The van der Waals surface area contributed by atoms with E-state index >= 15 is 0 Å². The van der Waals surface area contributed by atoms with Crippen LogP contribution < -0.4 is 14.9 Å². The van der Waals surface area contributed by atoms with Crippen molar-refractivity contribution in [3.63, 3.8) is 0 Å². The molecule has 3 aromatic heterocycles. The normalized spacial score (nSPS) is 15.4. The molecule has 5 rings (SSSR count). The number of allylic oxidation sites excluding steroid dienone is 1. The molecule has 1 aliphatic heterocycles. The van der Waals surface area contributed by atoms with Gasteiger partial charge in [0.05, 0.1) is 27.3 Å². The van der Waals surface area contributed by atoms with Crippen molar-refractivity contribution in [1.82, 2.24) is 4.57 Å². The number of carbonyl (C=O) groups is 1. The number of furan rings is 1. The number of hydrogen-bond acceptors (Lipinski definition) is 9. The fraction of sp³-hybridized carbons (Fsp3) is 0.192. The standard InChI is InChI=1S/C26H21N3O6S2/c1-4-34-25(31)22-15(3)27-26-28(23(22)20-6-5-11-36-20)24(30)21(37-26)13-17-9-10-19(35-17)16-8-7-14(2)18(12-16)29(32)33/h5-13,23H,4H2,1-3H3/b21-13+/t23-/m1/s1. The Morgan fingerprint density at radius 1 is 1.27 bits per heavy atom. The van der Waals surface area contributed by atoms with Crippen LogP contribution in [0.2, 0.25) is 0 Å². The highest BCUT2D eigenvalue weighted by Crippen LogP contribution is 2.33. The van der Waals surface area contributed by atoms with Gasteiger partial charge >= 0.3 is 5.97 Å². The van der Waals surface area contributed by atoms with Gasteiger partial charge in [-0.3, -0.25) is 19.5 Å². The highest BCUT2D eigenvalue weighted by Gasteiger charge is 2.33. The largest absolute Gasteiger partial charge is 0.463 e. The van der Waals surface area contributed by atoms with Gasteiger partial charge < -0.3 is 9.15 Å². The maximum absolute atomic E-state index is 13.6. The number of aromatic nitrogens is 1. The van der Waals surface area contributed by atoms with E-state index < -0.39 is 16.9 Å². The van der Waals surface area contributed by atoms with Crippen molar-refractivity contribution >= 4 is 40.4 Å². The van der Waals surface area contributed by atoms with Crippen LogP contribution in [0, 0.1) is 17.0 Å². The molecule has 0 saturated heterocycles. The summed E-state index contributed by atoms with van der Waals surface area (Å²) in [4.78, 5) is 43.2. The minimum atomic E-state index is -0.641. The molecule has 0 radical (unpaired) electrons. The zero-order valence-electron chi connectivity index (χ0n) is 20.1. The van der Waals surface area contributed by atoms with E-state index in [1.165, 1.54) is 33.3 Å². The second kappa shape index (κ2) is 9.75. The average Bonchev–Trinajstić information content (AvgIpc) is 3.61. The zero-order chi connectivity index (χ0) is 26.3. The lowest BCUT2D eigenvalue weighted by Gasteiger charge is -2.23. The van der Waals surface area contributed by atoms with Crippen LogP contribution in [0.15, 0.2) is 73.3 Å². The molecular weight excluding hydrogens is 514 g/mol. The van der Waals surface area contributed by atoms with Crippen LogP contribution in [-0.2, 0) is 9.53 Å². The Morgan fingerprint density at radius 3 is 2.78 bits per heavy atom. The van der Waals surface area contributed by atoms with Crippen molar-refractivity contribution in [2.45, 2.75) is 26.8 Å². The highest BCUT2D eigenvalue weighted by molar-refractivity contribution is 7.10. The van der Waals surface area contributed by atoms with E-state index in [1.807, 2.05) is 17.5 Å². The average molecular weight is 536 g/mol. The van der Waals surface area contributed by atoms with Gasteiger partial charge in [-0.2, -0.15) is 0 Å². The van der Waals surface area contributed by atoms with Crippen molar-refractivity contribution in [2.75, 3.05) is 6.61 Å². The molecule has 4 heterocycles. The summed E-state index contributed by atoms with van der Waals surface area (Å²) in [5, 5.41) is 13.2. The first kappa shape index (κ1) is 24.6. The van der Waals surface area contributed by atoms with Crippen LogP contribution in [-0.4, -0.2) is 22.1 Å². The van der Waals surface area contributed by atoms with Crippen LogP contribution in [0.3, 0.4) is 0 Å². The van der Waals surface area contributed by atoms with E-state index in [0.29, 0.717) is 43.3 Å². The highest BCUT2D eigenvalue weighted by atomic mass is 32.1. The molecule has 0 unspecified atom stereocenters. The predicted octanol–water partition coefficient (Wildman–Crippen LogP) is 4.34. The number of nitro groups is 1. The SMILES string of the molecule is CCOC(=O)C1=C(C)N=c2s/c(=C/c3ccc(-c4ccc(C)c([N+](=O)[O-])c4)o3)c(=O)n2[C@@H]1c1cccs1. The first-order chi connectivity index (χ1) is 17.8. The third-order valence-corrected chi connectivity index (χ3v) is 7.83. The van der Waals surface area contributed by atoms with Gasteiger partial charge in [0.15, 0.2) is 4.80 Å². The van der Waals surface area contributed by atoms with E-state index in [2.05, 4.69) is 4.99 Å². The van der Waals surface area contributed by atoms with Gasteiger partial charge in [0, 0.05) is 28.1 Å². The number of ether oxygens (including phenoxy) is 1. The van der Waals surface area contributed by atoms with Crippen LogP contribution in [0.5, 0.6) is 0 Å². The predicted molar refractivity (Wildman–Crippen MR) is 140 cm³/mol.